The molecule has 4 heteroatoms. The van der Waals surface area contributed by atoms with Gasteiger partial charge in [-0.1, -0.05) is 0 Å². The second-order valence-electron chi connectivity index (χ2n) is 4.80. The number of hydrogen-bond donors (Lipinski definition) is 1. The molecule has 0 spiro atoms. The first-order chi connectivity index (χ1) is 8.75. The average Bonchev–Trinajstić information content (AvgIpc) is 3.08. The number of nitrogen functional groups attached to an aromatic ring is 1. The molecule has 0 bridgehead atoms. The highest BCUT2D eigenvalue weighted by atomic mass is 16.3. The number of aromatic nitrogens is 1. The Morgan fingerprint density at radius 2 is 2.28 bits per heavy atom. The molecule has 0 saturated heterocycles. The standard InChI is InChI=1S/C14H17N3O/c1-10-6-7-16-14(13(10)15)17(11-4-5-11)9-12-3-2-8-18-12/h2-3,6-8,11H,4-5,9,15H2,1H3. The third kappa shape index (κ3) is 2.06. The summed E-state index contributed by atoms with van der Waals surface area (Å²) in [7, 11) is 0. The summed E-state index contributed by atoms with van der Waals surface area (Å²) in [4.78, 5) is 6.69. The zero-order valence-electron chi connectivity index (χ0n) is 10.5. The van der Waals surface area contributed by atoms with Crippen molar-refractivity contribution in [3.8, 4) is 0 Å². The highest BCUT2D eigenvalue weighted by Crippen LogP contribution is 2.35. The fourth-order valence-electron chi connectivity index (χ4n) is 2.12. The molecule has 18 heavy (non-hydrogen) atoms. The molecule has 1 fully saturated rings. The normalized spacial score (nSPS) is 14.7. The summed E-state index contributed by atoms with van der Waals surface area (Å²) in [5.41, 5.74) is 7.99. The Hall–Kier alpha value is -1.97. The highest BCUT2D eigenvalue weighted by Gasteiger charge is 2.31. The van der Waals surface area contributed by atoms with Crippen LogP contribution in [0.5, 0.6) is 0 Å². The SMILES string of the molecule is Cc1ccnc(N(Cc2ccco2)C2CC2)c1N. The van der Waals surface area contributed by atoms with Gasteiger partial charge in [-0.05, 0) is 43.5 Å². The summed E-state index contributed by atoms with van der Waals surface area (Å²) in [6.07, 6.45) is 5.93. The van der Waals surface area contributed by atoms with Crippen LogP contribution in [0.1, 0.15) is 24.2 Å². The molecule has 0 radical (unpaired) electrons. The first-order valence-corrected chi connectivity index (χ1v) is 6.26. The zero-order chi connectivity index (χ0) is 12.5. The molecule has 94 valence electrons. The van der Waals surface area contributed by atoms with Crippen molar-refractivity contribution < 1.29 is 4.42 Å². The molecule has 4 nitrogen and oxygen atoms in total. The lowest BCUT2D eigenvalue weighted by atomic mass is 10.2. The van der Waals surface area contributed by atoms with Gasteiger partial charge in [-0.25, -0.2) is 4.98 Å². The van der Waals surface area contributed by atoms with Gasteiger partial charge in [-0.3, -0.25) is 0 Å². The van der Waals surface area contributed by atoms with Crippen molar-refractivity contribution in [2.45, 2.75) is 32.4 Å². The van der Waals surface area contributed by atoms with E-state index in [1.807, 2.05) is 31.3 Å². The first-order valence-electron chi connectivity index (χ1n) is 6.26. The minimum Gasteiger partial charge on any atom is -0.467 e. The summed E-state index contributed by atoms with van der Waals surface area (Å²) in [5.74, 6) is 1.83. The van der Waals surface area contributed by atoms with Crippen LogP contribution in [0.25, 0.3) is 0 Å². The van der Waals surface area contributed by atoms with Gasteiger partial charge in [-0.2, -0.15) is 0 Å². The molecule has 1 aliphatic carbocycles. The van der Waals surface area contributed by atoms with Crippen LogP contribution >= 0.6 is 0 Å². The van der Waals surface area contributed by atoms with Gasteiger partial charge in [-0.15, -0.1) is 0 Å². The van der Waals surface area contributed by atoms with Crippen molar-refractivity contribution in [1.82, 2.24) is 4.98 Å². The second kappa shape index (κ2) is 4.37. The first kappa shape index (κ1) is 11.1. The van der Waals surface area contributed by atoms with Gasteiger partial charge in [0.25, 0.3) is 0 Å². The fraction of sp³-hybridized carbons (Fsp3) is 0.357. The maximum absolute atomic E-state index is 6.14. The minimum absolute atomic E-state index is 0.548. The van der Waals surface area contributed by atoms with E-state index < -0.39 is 0 Å². The van der Waals surface area contributed by atoms with Crippen molar-refractivity contribution in [2.24, 2.45) is 0 Å². The van der Waals surface area contributed by atoms with Gasteiger partial charge < -0.3 is 15.1 Å². The number of furan rings is 1. The Labute approximate surface area is 106 Å². The van der Waals surface area contributed by atoms with E-state index in [0.717, 1.165) is 29.4 Å². The molecule has 0 unspecified atom stereocenters. The minimum atomic E-state index is 0.548. The maximum atomic E-state index is 6.14. The molecule has 1 saturated carbocycles. The summed E-state index contributed by atoms with van der Waals surface area (Å²) < 4.78 is 5.42. The van der Waals surface area contributed by atoms with Crippen LogP contribution in [0, 0.1) is 6.92 Å². The van der Waals surface area contributed by atoms with Crippen LogP contribution < -0.4 is 10.6 Å². The number of aryl methyl sites for hydroxylation is 1. The number of anilines is 2. The van der Waals surface area contributed by atoms with Crippen molar-refractivity contribution in [2.75, 3.05) is 10.6 Å². The highest BCUT2D eigenvalue weighted by molar-refractivity contribution is 5.67. The largest absolute Gasteiger partial charge is 0.467 e. The average molecular weight is 243 g/mol. The zero-order valence-corrected chi connectivity index (χ0v) is 10.5. The lowest BCUT2D eigenvalue weighted by molar-refractivity contribution is 0.500. The molecule has 1 aliphatic rings. The van der Waals surface area contributed by atoms with E-state index in [2.05, 4.69) is 9.88 Å². The molecule has 0 amide bonds. The van der Waals surface area contributed by atoms with Gasteiger partial charge >= 0.3 is 0 Å². The van der Waals surface area contributed by atoms with E-state index in [4.69, 9.17) is 10.2 Å². The molecule has 2 aromatic rings. The Kier molecular flexibility index (Phi) is 2.70. The topological polar surface area (TPSA) is 55.3 Å². The maximum Gasteiger partial charge on any atom is 0.152 e. The van der Waals surface area contributed by atoms with Crippen LogP contribution in [0.4, 0.5) is 11.5 Å². The molecule has 0 aromatic carbocycles. The van der Waals surface area contributed by atoms with Gasteiger partial charge in [0.2, 0.25) is 0 Å². The Balaban J connectivity index is 1.91. The van der Waals surface area contributed by atoms with Crippen molar-refractivity contribution >= 4 is 11.5 Å². The smallest absolute Gasteiger partial charge is 0.152 e. The van der Waals surface area contributed by atoms with Crippen LogP contribution in [-0.4, -0.2) is 11.0 Å². The third-order valence-electron chi connectivity index (χ3n) is 3.35. The molecule has 0 atom stereocenters. The molecular formula is C14H17N3O. The van der Waals surface area contributed by atoms with Gasteiger partial charge in [0.1, 0.15) is 5.76 Å². The number of nitrogens with zero attached hydrogens (tertiary/aromatic N) is 2. The lowest BCUT2D eigenvalue weighted by Gasteiger charge is -2.24. The van der Waals surface area contributed by atoms with Gasteiger partial charge in [0.05, 0.1) is 18.5 Å². The molecule has 2 N–H and O–H groups in total. The van der Waals surface area contributed by atoms with E-state index in [9.17, 15) is 0 Å². The van der Waals surface area contributed by atoms with Crippen LogP contribution in [-0.2, 0) is 6.54 Å². The summed E-state index contributed by atoms with van der Waals surface area (Å²) in [6, 6.07) is 6.39. The number of hydrogen-bond acceptors (Lipinski definition) is 4. The summed E-state index contributed by atoms with van der Waals surface area (Å²) in [5, 5.41) is 0. The molecule has 2 aromatic heterocycles. The quantitative estimate of drug-likeness (QED) is 0.897. The fourth-order valence-corrected chi connectivity index (χ4v) is 2.12. The van der Waals surface area contributed by atoms with Crippen molar-refractivity contribution in [3.05, 3.63) is 42.0 Å². The number of nitrogens with two attached hydrogens (primary N) is 1. The summed E-state index contributed by atoms with van der Waals surface area (Å²) >= 11 is 0. The van der Waals surface area contributed by atoms with Gasteiger partial charge in [0, 0.05) is 12.2 Å². The van der Waals surface area contributed by atoms with E-state index in [-0.39, 0.29) is 0 Å². The van der Waals surface area contributed by atoms with E-state index in [1.165, 1.54) is 12.8 Å². The Morgan fingerprint density at radius 1 is 1.44 bits per heavy atom. The number of pyridine rings is 1. The van der Waals surface area contributed by atoms with Crippen molar-refractivity contribution in [3.63, 3.8) is 0 Å². The van der Waals surface area contributed by atoms with Crippen LogP contribution in [0.2, 0.25) is 0 Å². The van der Waals surface area contributed by atoms with E-state index in [1.54, 1.807) is 6.26 Å². The molecule has 2 heterocycles. The predicted octanol–water partition coefficient (Wildman–Crippen LogP) is 2.73. The summed E-state index contributed by atoms with van der Waals surface area (Å²) in [6.45, 7) is 2.75. The molecule has 0 aliphatic heterocycles. The third-order valence-corrected chi connectivity index (χ3v) is 3.35. The second-order valence-corrected chi connectivity index (χ2v) is 4.80. The molecule has 3 rings (SSSR count). The lowest BCUT2D eigenvalue weighted by Crippen LogP contribution is -2.27. The predicted molar refractivity (Wildman–Crippen MR) is 71.3 cm³/mol. The van der Waals surface area contributed by atoms with Crippen LogP contribution in [0.3, 0.4) is 0 Å². The molecular weight excluding hydrogens is 226 g/mol. The van der Waals surface area contributed by atoms with Gasteiger partial charge in [0.15, 0.2) is 5.82 Å². The van der Waals surface area contributed by atoms with Crippen molar-refractivity contribution in [1.29, 1.82) is 0 Å². The number of rotatable bonds is 4. The monoisotopic (exact) mass is 243 g/mol. The van der Waals surface area contributed by atoms with E-state index >= 15 is 0 Å². The van der Waals surface area contributed by atoms with E-state index in [0.29, 0.717) is 6.04 Å². The van der Waals surface area contributed by atoms with Crippen LogP contribution in [0.15, 0.2) is 35.1 Å². The Bertz CT molecular complexity index is 532. The Morgan fingerprint density at radius 3 is 2.94 bits per heavy atom.